The van der Waals surface area contributed by atoms with Gasteiger partial charge >= 0.3 is 0 Å². The Balaban J connectivity index is 1.86. The first-order valence-electron chi connectivity index (χ1n) is 6.43. The molecule has 0 radical (unpaired) electrons. The highest BCUT2D eigenvalue weighted by atomic mass is 31.2. The topological polar surface area (TPSA) is 0 Å². The molecule has 2 aromatic rings. The van der Waals surface area contributed by atoms with Gasteiger partial charge in [-0.15, -0.1) is 0 Å². The monoisotopic (exact) mass is 274 g/mol. The van der Waals surface area contributed by atoms with E-state index >= 15 is 0 Å². The van der Waals surface area contributed by atoms with Crippen molar-refractivity contribution in [3.63, 3.8) is 0 Å². The predicted octanol–water partition coefficient (Wildman–Crippen LogP) is 4.65. The lowest BCUT2D eigenvalue weighted by molar-refractivity contribution is 1.35. The summed E-state index contributed by atoms with van der Waals surface area (Å²) >= 11 is 0. The Morgan fingerprint density at radius 1 is 0.889 bits per heavy atom. The van der Waals surface area contributed by atoms with E-state index in [0.717, 1.165) is 8.58 Å². The lowest BCUT2D eigenvalue weighted by atomic mass is 10.2. The molecule has 0 spiro atoms. The van der Waals surface area contributed by atoms with Gasteiger partial charge in [0.1, 0.15) is 0 Å². The summed E-state index contributed by atoms with van der Waals surface area (Å²) in [6, 6.07) is 21.8. The molecule has 0 aliphatic rings. The highest BCUT2D eigenvalue weighted by molar-refractivity contribution is 7.69. The molecule has 0 amide bonds. The summed E-state index contributed by atoms with van der Waals surface area (Å²) in [4.78, 5) is 0. The van der Waals surface area contributed by atoms with Crippen LogP contribution in [0.15, 0.2) is 60.7 Å². The Morgan fingerprint density at radius 2 is 1.50 bits per heavy atom. The maximum Gasteiger partial charge on any atom is -0.00700 e. The third kappa shape index (κ3) is 4.52. The van der Waals surface area contributed by atoms with Crippen LogP contribution in [0.2, 0.25) is 0 Å². The summed E-state index contributed by atoms with van der Waals surface area (Å²) in [5.41, 5.74) is 1.50. The molecule has 0 N–H and O–H groups in total. The van der Waals surface area contributed by atoms with Gasteiger partial charge in [0.05, 0.1) is 0 Å². The standard InChI is InChI=1S/C16H20P2/c1-2-18(13-15-9-5-3-6-10-15)14-17-16-11-7-4-8-12-16/h3-12,17H,2,13-14H2,1H3. The molecule has 0 aromatic heterocycles. The zero-order valence-corrected chi connectivity index (χ0v) is 12.7. The average Bonchev–Trinajstić information content (AvgIpc) is 2.45. The molecule has 18 heavy (non-hydrogen) atoms. The van der Waals surface area contributed by atoms with E-state index in [2.05, 4.69) is 67.6 Å². The van der Waals surface area contributed by atoms with Crippen LogP contribution < -0.4 is 5.30 Å². The van der Waals surface area contributed by atoms with Crippen LogP contribution in [0, 0.1) is 0 Å². The van der Waals surface area contributed by atoms with Crippen molar-refractivity contribution in [1.29, 1.82) is 0 Å². The van der Waals surface area contributed by atoms with Crippen molar-refractivity contribution < 1.29 is 0 Å². The van der Waals surface area contributed by atoms with E-state index in [9.17, 15) is 0 Å². The quantitative estimate of drug-likeness (QED) is 0.673. The molecule has 0 aliphatic carbocycles. The lowest BCUT2D eigenvalue weighted by Crippen LogP contribution is -1.95. The SMILES string of the molecule is CCP(CPc1ccccc1)Cc1ccccc1. The first-order valence-corrected chi connectivity index (χ1v) is 9.54. The number of benzene rings is 2. The Morgan fingerprint density at radius 3 is 2.11 bits per heavy atom. The highest BCUT2D eigenvalue weighted by Crippen LogP contribution is 2.44. The van der Waals surface area contributed by atoms with E-state index in [4.69, 9.17) is 0 Å². The van der Waals surface area contributed by atoms with E-state index in [1.54, 1.807) is 0 Å². The van der Waals surface area contributed by atoms with Gasteiger partial charge in [-0.2, -0.15) is 0 Å². The predicted molar refractivity (Wildman–Crippen MR) is 86.9 cm³/mol. The van der Waals surface area contributed by atoms with Crippen LogP contribution in [0.4, 0.5) is 0 Å². The molecule has 0 bridgehead atoms. The molecule has 2 rings (SSSR count). The van der Waals surface area contributed by atoms with Gasteiger partial charge in [-0.05, 0) is 29.1 Å². The molecule has 0 saturated carbocycles. The maximum absolute atomic E-state index is 2.34. The van der Waals surface area contributed by atoms with E-state index in [1.807, 2.05) is 0 Å². The van der Waals surface area contributed by atoms with Gasteiger partial charge < -0.3 is 0 Å². The smallest absolute Gasteiger partial charge is 0.00700 e. The summed E-state index contributed by atoms with van der Waals surface area (Å²) in [7, 11) is 1.13. The van der Waals surface area contributed by atoms with Crippen LogP contribution in [-0.2, 0) is 6.16 Å². The molecule has 0 aliphatic heterocycles. The molecule has 2 unspecified atom stereocenters. The van der Waals surface area contributed by atoms with Crippen LogP contribution in [-0.4, -0.2) is 12.1 Å². The van der Waals surface area contributed by atoms with Gasteiger partial charge in [0.25, 0.3) is 0 Å². The van der Waals surface area contributed by atoms with Crippen molar-refractivity contribution in [2.75, 3.05) is 12.1 Å². The molecular weight excluding hydrogens is 254 g/mol. The number of hydrogen-bond donors (Lipinski definition) is 0. The molecule has 94 valence electrons. The summed E-state index contributed by atoms with van der Waals surface area (Å²) in [5.74, 6) is 1.38. The average molecular weight is 274 g/mol. The maximum atomic E-state index is 2.34. The minimum Gasteiger partial charge on any atom is -0.0980 e. The fraction of sp³-hybridized carbons (Fsp3) is 0.250. The normalized spacial score (nSPS) is 12.9. The Hall–Kier alpha value is -0.700. The molecule has 0 nitrogen and oxygen atoms in total. The van der Waals surface area contributed by atoms with E-state index in [0.29, 0.717) is 0 Å². The summed E-state index contributed by atoms with van der Waals surface area (Å²) in [6.07, 6.45) is 2.62. The van der Waals surface area contributed by atoms with Crippen LogP contribution in [0.25, 0.3) is 0 Å². The van der Waals surface area contributed by atoms with Crippen LogP contribution in [0.5, 0.6) is 0 Å². The summed E-state index contributed by atoms with van der Waals surface area (Å²) in [6.45, 7) is 2.34. The van der Waals surface area contributed by atoms with Gasteiger partial charge in [0.2, 0.25) is 0 Å². The molecule has 2 heteroatoms. The molecule has 2 atom stereocenters. The van der Waals surface area contributed by atoms with Gasteiger partial charge in [0.15, 0.2) is 0 Å². The Bertz CT molecular complexity index is 439. The fourth-order valence-corrected chi connectivity index (χ4v) is 6.23. The molecule has 2 aromatic carbocycles. The van der Waals surface area contributed by atoms with Crippen LogP contribution >= 0.6 is 16.5 Å². The second-order valence-electron chi connectivity index (χ2n) is 4.33. The number of hydrogen-bond acceptors (Lipinski definition) is 0. The van der Waals surface area contributed by atoms with Crippen molar-refractivity contribution in [3.8, 4) is 0 Å². The van der Waals surface area contributed by atoms with Gasteiger partial charge in [-0.1, -0.05) is 84.1 Å². The lowest BCUT2D eigenvalue weighted by Gasteiger charge is -2.15. The first-order chi connectivity index (χ1) is 8.88. The summed E-state index contributed by atoms with van der Waals surface area (Å²) < 4.78 is 0. The summed E-state index contributed by atoms with van der Waals surface area (Å²) in [5, 5.41) is 1.51. The third-order valence-corrected chi connectivity index (χ3v) is 7.85. The largest absolute Gasteiger partial charge is 0.0980 e. The zero-order valence-electron chi connectivity index (χ0n) is 10.8. The van der Waals surface area contributed by atoms with Crippen molar-refractivity contribution in [2.45, 2.75) is 13.1 Å². The molecule has 0 heterocycles. The van der Waals surface area contributed by atoms with Crippen molar-refractivity contribution in [3.05, 3.63) is 66.2 Å². The van der Waals surface area contributed by atoms with Gasteiger partial charge in [0, 0.05) is 0 Å². The van der Waals surface area contributed by atoms with E-state index < -0.39 is 0 Å². The molecule has 0 fully saturated rings. The van der Waals surface area contributed by atoms with E-state index in [-0.39, 0.29) is 7.92 Å². The third-order valence-electron chi connectivity index (χ3n) is 2.98. The highest BCUT2D eigenvalue weighted by Gasteiger charge is 2.06. The van der Waals surface area contributed by atoms with E-state index in [1.165, 1.54) is 29.1 Å². The van der Waals surface area contributed by atoms with Crippen molar-refractivity contribution >= 4 is 21.8 Å². The van der Waals surface area contributed by atoms with Gasteiger partial charge in [-0.3, -0.25) is 0 Å². The van der Waals surface area contributed by atoms with Crippen LogP contribution in [0.1, 0.15) is 12.5 Å². The first kappa shape index (κ1) is 13.7. The Labute approximate surface area is 113 Å². The molecular formula is C16H20P2. The number of rotatable bonds is 6. The van der Waals surface area contributed by atoms with Crippen molar-refractivity contribution in [1.82, 2.24) is 0 Å². The molecule has 0 saturated heterocycles. The minimum absolute atomic E-state index is 0.154. The Kier molecular flexibility index (Phi) is 5.85. The minimum atomic E-state index is 0.154. The van der Waals surface area contributed by atoms with Crippen LogP contribution in [0.3, 0.4) is 0 Å². The second kappa shape index (κ2) is 7.67. The fourth-order valence-electron chi connectivity index (χ4n) is 1.88. The second-order valence-corrected chi connectivity index (χ2v) is 8.82. The van der Waals surface area contributed by atoms with Gasteiger partial charge in [-0.25, -0.2) is 0 Å². The zero-order chi connectivity index (χ0) is 12.6. The van der Waals surface area contributed by atoms with Crippen molar-refractivity contribution in [2.24, 2.45) is 0 Å².